The normalized spacial score (nSPS) is 19.8. The van der Waals surface area contributed by atoms with E-state index in [1.54, 1.807) is 6.08 Å². The van der Waals surface area contributed by atoms with Gasteiger partial charge in [-0.2, -0.15) is 0 Å². The topological polar surface area (TPSA) is 34.9 Å². The Labute approximate surface area is 174 Å². The molecule has 2 atom stereocenters. The minimum absolute atomic E-state index is 0.0208. The summed E-state index contributed by atoms with van der Waals surface area (Å²) in [6.07, 6.45) is 7.13. The molecule has 2 aromatic carbocycles. The molecule has 2 unspecified atom stereocenters. The fourth-order valence-corrected chi connectivity index (χ4v) is 4.27. The zero-order valence-electron chi connectivity index (χ0n) is 16.5. The third-order valence-electron chi connectivity index (χ3n) is 5.75. The molecule has 0 spiro atoms. The first kappa shape index (κ1) is 18.6. The Morgan fingerprint density at radius 2 is 2.00 bits per heavy atom. The second-order valence-corrected chi connectivity index (χ2v) is 8.01. The summed E-state index contributed by atoms with van der Waals surface area (Å²) in [4.78, 5) is 17.8. The van der Waals surface area contributed by atoms with Crippen LogP contribution in [0.2, 0.25) is 0 Å². The van der Waals surface area contributed by atoms with Crippen molar-refractivity contribution in [2.75, 3.05) is 0 Å². The first-order valence-electron chi connectivity index (χ1n) is 10.3. The number of aromatic nitrogens is 2. The minimum Gasteiger partial charge on any atom is -0.296 e. The molecular formula is C26H21FN2O. The fourth-order valence-electron chi connectivity index (χ4n) is 4.27. The lowest BCUT2D eigenvalue weighted by atomic mass is 9.98. The number of halogens is 1. The van der Waals surface area contributed by atoms with Crippen molar-refractivity contribution in [1.29, 1.82) is 0 Å². The summed E-state index contributed by atoms with van der Waals surface area (Å²) in [5.41, 5.74) is 2.78. The second kappa shape index (κ2) is 7.76. The van der Waals surface area contributed by atoms with Gasteiger partial charge in [-0.25, -0.2) is 9.37 Å². The zero-order valence-corrected chi connectivity index (χ0v) is 16.5. The quantitative estimate of drug-likeness (QED) is 0.594. The Morgan fingerprint density at radius 3 is 2.83 bits per heavy atom. The maximum Gasteiger partial charge on any atom is 0.261 e. The first-order chi connectivity index (χ1) is 14.7. The van der Waals surface area contributed by atoms with E-state index in [9.17, 15) is 9.18 Å². The first-order valence-corrected chi connectivity index (χ1v) is 10.3. The Hall–Kier alpha value is -3.45. The van der Waals surface area contributed by atoms with Gasteiger partial charge < -0.3 is 0 Å². The highest BCUT2D eigenvalue weighted by atomic mass is 19.1. The predicted molar refractivity (Wildman–Crippen MR) is 117 cm³/mol. The van der Waals surface area contributed by atoms with Gasteiger partial charge in [0.05, 0.1) is 10.9 Å². The highest BCUT2D eigenvalue weighted by Crippen LogP contribution is 2.23. The van der Waals surface area contributed by atoms with Crippen molar-refractivity contribution < 1.29 is 4.39 Å². The van der Waals surface area contributed by atoms with Gasteiger partial charge in [-0.3, -0.25) is 9.36 Å². The van der Waals surface area contributed by atoms with Crippen LogP contribution in [0, 0.1) is 23.7 Å². The van der Waals surface area contributed by atoms with Crippen LogP contribution < -0.4 is 5.56 Å². The standard InChI is InChI=1S/C26H21FN2O/c27-22-8-4-7-19(14-22)9-10-20-11-12-23-24(15-20)28-25-16-21(17-29(25)26(23)30)13-18-5-2-1-3-6-18/h1-8,11-12,15,19,21H,13-14,16-17H2. The van der Waals surface area contributed by atoms with E-state index in [1.807, 2.05) is 47.0 Å². The van der Waals surface area contributed by atoms with Gasteiger partial charge in [0.1, 0.15) is 11.7 Å². The van der Waals surface area contributed by atoms with Crippen LogP contribution >= 0.6 is 0 Å². The van der Waals surface area contributed by atoms with Gasteiger partial charge >= 0.3 is 0 Å². The Bertz CT molecular complexity index is 1290. The van der Waals surface area contributed by atoms with Crippen LogP contribution in [-0.2, 0) is 19.4 Å². The van der Waals surface area contributed by atoms with Crippen LogP contribution in [0.4, 0.5) is 4.39 Å². The molecule has 0 saturated carbocycles. The van der Waals surface area contributed by atoms with Crippen molar-refractivity contribution >= 4 is 10.9 Å². The number of benzene rings is 2. The van der Waals surface area contributed by atoms with Gasteiger partial charge in [-0.1, -0.05) is 54.3 Å². The van der Waals surface area contributed by atoms with Crippen LogP contribution in [0.3, 0.4) is 0 Å². The molecule has 148 valence electrons. The van der Waals surface area contributed by atoms with Gasteiger partial charge in [0, 0.05) is 30.9 Å². The van der Waals surface area contributed by atoms with Crippen LogP contribution in [0.25, 0.3) is 10.9 Å². The van der Waals surface area contributed by atoms with E-state index >= 15 is 0 Å². The summed E-state index contributed by atoms with van der Waals surface area (Å²) in [6, 6.07) is 15.9. The lowest BCUT2D eigenvalue weighted by molar-refractivity contribution is 0.507. The molecule has 0 fully saturated rings. The molecule has 3 aromatic rings. The number of nitrogens with zero attached hydrogens (tertiary/aromatic N) is 2. The van der Waals surface area contributed by atoms with E-state index in [4.69, 9.17) is 4.98 Å². The van der Waals surface area contributed by atoms with Crippen LogP contribution in [-0.4, -0.2) is 9.55 Å². The van der Waals surface area contributed by atoms with Crippen molar-refractivity contribution in [2.24, 2.45) is 11.8 Å². The molecule has 30 heavy (non-hydrogen) atoms. The molecular weight excluding hydrogens is 375 g/mol. The smallest absolute Gasteiger partial charge is 0.261 e. The molecule has 0 bridgehead atoms. The van der Waals surface area contributed by atoms with Crippen molar-refractivity contribution in [3.63, 3.8) is 0 Å². The molecule has 4 heteroatoms. The summed E-state index contributed by atoms with van der Waals surface area (Å²) in [5, 5.41) is 0.621. The Balaban J connectivity index is 1.41. The number of fused-ring (bicyclic) bond motifs is 2. The lowest BCUT2D eigenvalue weighted by Crippen LogP contribution is -2.21. The van der Waals surface area contributed by atoms with E-state index < -0.39 is 0 Å². The van der Waals surface area contributed by atoms with Crippen molar-refractivity contribution in [1.82, 2.24) is 9.55 Å². The zero-order chi connectivity index (χ0) is 20.5. The summed E-state index contributed by atoms with van der Waals surface area (Å²) in [7, 11) is 0. The molecule has 0 radical (unpaired) electrons. The van der Waals surface area contributed by atoms with Gasteiger partial charge in [0.15, 0.2) is 0 Å². The van der Waals surface area contributed by atoms with Crippen molar-refractivity contribution in [3.8, 4) is 11.8 Å². The van der Waals surface area contributed by atoms with Gasteiger partial charge in [-0.05, 0) is 42.2 Å². The predicted octanol–water partition coefficient (Wildman–Crippen LogP) is 4.59. The summed E-state index contributed by atoms with van der Waals surface area (Å²) >= 11 is 0. The SMILES string of the molecule is O=c1c2ccc(C#CC3C=CC=C(F)C3)cc2nc2n1CC(Cc1ccccc1)C2. The van der Waals surface area contributed by atoms with Crippen molar-refractivity contribution in [3.05, 3.63) is 99.9 Å². The molecule has 2 heterocycles. The largest absolute Gasteiger partial charge is 0.296 e. The number of hydrogen-bond donors (Lipinski definition) is 0. The van der Waals surface area contributed by atoms with Gasteiger partial charge in [0.25, 0.3) is 5.56 Å². The molecule has 0 amide bonds. The maximum absolute atomic E-state index is 13.4. The average molecular weight is 396 g/mol. The van der Waals surface area contributed by atoms with Crippen LogP contribution in [0.15, 0.2) is 77.4 Å². The molecule has 1 aromatic heterocycles. The molecule has 1 aliphatic heterocycles. The highest BCUT2D eigenvalue weighted by Gasteiger charge is 2.25. The minimum atomic E-state index is -0.148. The molecule has 1 aliphatic carbocycles. The molecule has 3 nitrogen and oxygen atoms in total. The van der Waals surface area contributed by atoms with Gasteiger partial charge in [-0.15, -0.1) is 0 Å². The van der Waals surface area contributed by atoms with E-state index in [0.29, 0.717) is 29.8 Å². The number of allylic oxidation sites excluding steroid dienone is 4. The third kappa shape index (κ3) is 3.71. The molecule has 5 rings (SSSR count). The molecule has 0 saturated heterocycles. The fraction of sp³-hybridized carbons (Fsp3) is 0.231. The Morgan fingerprint density at radius 1 is 1.13 bits per heavy atom. The maximum atomic E-state index is 13.4. The van der Waals surface area contributed by atoms with E-state index in [0.717, 1.165) is 24.2 Å². The van der Waals surface area contributed by atoms with Gasteiger partial charge in [0.2, 0.25) is 0 Å². The summed E-state index contributed by atoms with van der Waals surface area (Å²) in [5.74, 6) is 7.17. The van der Waals surface area contributed by atoms with E-state index in [-0.39, 0.29) is 17.3 Å². The third-order valence-corrected chi connectivity index (χ3v) is 5.75. The number of hydrogen-bond acceptors (Lipinski definition) is 2. The molecule has 0 N–H and O–H groups in total. The second-order valence-electron chi connectivity index (χ2n) is 8.01. The lowest BCUT2D eigenvalue weighted by Gasteiger charge is -2.08. The van der Waals surface area contributed by atoms with Crippen molar-refractivity contribution in [2.45, 2.75) is 25.8 Å². The average Bonchev–Trinajstić information content (AvgIpc) is 3.15. The summed E-state index contributed by atoms with van der Waals surface area (Å²) in [6.45, 7) is 0.709. The number of rotatable bonds is 2. The highest BCUT2D eigenvalue weighted by molar-refractivity contribution is 5.79. The van der Waals surface area contributed by atoms with Crippen LogP contribution in [0.5, 0.6) is 0 Å². The van der Waals surface area contributed by atoms with E-state index in [1.165, 1.54) is 11.6 Å². The summed E-state index contributed by atoms with van der Waals surface area (Å²) < 4.78 is 15.2. The van der Waals surface area contributed by atoms with Crippen LogP contribution in [0.1, 0.15) is 23.4 Å². The Kier molecular flexibility index (Phi) is 4.80. The monoisotopic (exact) mass is 396 g/mol. The van der Waals surface area contributed by atoms with E-state index in [2.05, 4.69) is 24.0 Å². The molecule has 2 aliphatic rings.